The van der Waals surface area contributed by atoms with E-state index in [1.165, 1.54) is 114 Å². The average Bonchev–Trinajstić information content (AvgIpc) is 0.868. The molecule has 0 radical (unpaired) electrons. The Morgan fingerprint density at radius 1 is 0.236 bits per heavy atom. The van der Waals surface area contributed by atoms with Crippen LogP contribution in [-0.2, 0) is 17.2 Å². The summed E-state index contributed by atoms with van der Waals surface area (Å²) in [5, 5.41) is 2.75. The van der Waals surface area contributed by atoms with Crippen molar-refractivity contribution in [2.75, 3.05) is 0 Å². The number of fused-ring (bicyclic) bond motifs is 1. The fraction of sp³-hybridized carbons (Fsp3) is 0.160. The number of rotatable bonds is 12. The fourth-order valence-electron chi connectivity index (χ4n) is 11.0. The van der Waals surface area contributed by atoms with E-state index in [9.17, 15) is 13.8 Å². The van der Waals surface area contributed by atoms with Gasteiger partial charge in [-0.2, -0.15) is 0 Å². The first-order valence-electron chi connectivity index (χ1n) is 36.0. The summed E-state index contributed by atoms with van der Waals surface area (Å²) in [6, 6.07) is 109. The topological polar surface area (TPSA) is 51.2 Å². The number of hydrogen-bond donors (Lipinski definition) is 0. The van der Waals surface area contributed by atoms with Crippen molar-refractivity contribution in [1.29, 1.82) is 0 Å². The van der Waals surface area contributed by atoms with Gasteiger partial charge in [0.15, 0.2) is 11.6 Å². The second kappa shape index (κ2) is 41.3. The van der Waals surface area contributed by atoms with Gasteiger partial charge in [0, 0.05) is 51.6 Å². The first-order chi connectivity index (χ1) is 50.9. The van der Waals surface area contributed by atoms with E-state index in [0.29, 0.717) is 0 Å². The molecule has 106 heavy (non-hydrogen) atoms. The molecule has 0 atom stereocenters. The average molecular weight is 1450 g/mol. The molecule has 0 fully saturated rings. The van der Waals surface area contributed by atoms with E-state index in [0.717, 1.165) is 49.6 Å². The summed E-state index contributed by atoms with van der Waals surface area (Å²) in [5.74, 6) is 0.174. The Bertz CT molecular complexity index is 4660. The Morgan fingerprint density at radius 3 is 0.887 bits per heavy atom. The molecule has 0 N–H and O–H groups in total. The van der Waals surface area contributed by atoms with Crippen molar-refractivity contribution in [3.8, 4) is 0 Å². The van der Waals surface area contributed by atoms with Crippen LogP contribution in [0.25, 0.3) is 10.8 Å². The highest BCUT2D eigenvalue weighted by Crippen LogP contribution is 2.31. The van der Waals surface area contributed by atoms with E-state index in [4.69, 9.17) is 0 Å². The molecular weight excluding hydrogens is 1350 g/mol. The zero-order valence-electron chi connectivity index (χ0n) is 64.3. The molecule has 0 unspecified atom stereocenters. The van der Waals surface area contributed by atoms with Gasteiger partial charge in [-0.15, -0.1) is 0 Å². The smallest absolute Gasteiger partial charge is 0.193 e. The Balaban J connectivity index is 0.000000156. The normalized spacial score (nSPS) is 10.3. The summed E-state index contributed by atoms with van der Waals surface area (Å²) in [4.78, 5) is 31.1. The second-order valence-electron chi connectivity index (χ2n) is 27.3. The Labute approximate surface area is 643 Å². The maximum absolute atomic E-state index is 12.2. The number of aryl methyl sites for hydroxylation is 15. The molecule has 0 aliphatic rings. The van der Waals surface area contributed by atoms with Crippen LogP contribution in [0.3, 0.4) is 0 Å². The van der Waals surface area contributed by atoms with E-state index in [1.54, 1.807) is 11.8 Å². The summed E-state index contributed by atoms with van der Waals surface area (Å²) in [6.07, 6.45) is 1.03. The third-order valence-electron chi connectivity index (χ3n) is 17.6. The van der Waals surface area contributed by atoms with Gasteiger partial charge in [-0.05, 0) is 239 Å². The number of carbonyl (C=O) groups excluding carboxylic acids is 2. The molecule has 0 spiro atoms. The first kappa shape index (κ1) is 81.2. The first-order valence-corrected chi connectivity index (χ1v) is 38.8. The van der Waals surface area contributed by atoms with Crippen molar-refractivity contribution in [3.05, 3.63) is 438 Å². The molecule has 0 aliphatic carbocycles. The standard InChI is InChI=1S/2C15H14O.C15H16S.C15H16.C14H14OS.C14H14S.C12H12/c1-11-3-7-13(8-4-11)15(16)14-9-5-12(2)6-10-14;1-11-5-3-7-13(9-11)15(16)14-8-4-6-12(2)10-14;1-11-5-4-6-14(9-11)16-15-8-7-12(2)13(3)10-15;1-12-3-7-14(8-4-12)11-15-9-5-13(2)6-10-15;1-11-3-7-13(8-4-11)16(15)14-9-5-12(2)6-10-14;1-11-3-7-13(8-4-11)15-14-9-5-12(2)6-10-14;1-9-5-3-8-12-10(2)6-4-7-11(9)12/h2*3-10H,1-2H3;4-10H,1-3H3;3-10H,11H2,1-2H3;3-10H,1-2H3;3-10H,1-2H3;3-8H,1-2H3. The number of ketones is 2. The maximum Gasteiger partial charge on any atom is 0.193 e. The van der Waals surface area contributed by atoms with Crippen LogP contribution in [0.1, 0.15) is 126 Å². The van der Waals surface area contributed by atoms with Gasteiger partial charge in [0.25, 0.3) is 0 Å². The van der Waals surface area contributed by atoms with Crippen molar-refractivity contribution in [2.24, 2.45) is 0 Å². The summed E-state index contributed by atoms with van der Waals surface area (Å²) >= 11 is 3.63. The minimum absolute atomic E-state index is 0.0833. The molecule has 0 saturated heterocycles. The van der Waals surface area contributed by atoms with Gasteiger partial charge in [0.05, 0.1) is 10.8 Å². The van der Waals surface area contributed by atoms with Gasteiger partial charge in [-0.25, -0.2) is 4.21 Å². The minimum Gasteiger partial charge on any atom is -0.289 e. The van der Waals surface area contributed by atoms with Gasteiger partial charge in [0.2, 0.25) is 0 Å². The molecule has 0 amide bonds. The number of benzene rings is 14. The van der Waals surface area contributed by atoms with Crippen molar-refractivity contribution >= 4 is 56.7 Å². The molecule has 14 aromatic rings. The molecular formula is C100H100O3S3. The minimum atomic E-state index is -1.06. The molecule has 14 aromatic carbocycles. The largest absolute Gasteiger partial charge is 0.289 e. The molecule has 536 valence electrons. The van der Waals surface area contributed by atoms with Crippen LogP contribution in [-0.4, -0.2) is 15.8 Å². The summed E-state index contributed by atoms with van der Waals surface area (Å²) in [7, 11) is -1.06. The van der Waals surface area contributed by atoms with E-state index in [1.807, 2.05) is 199 Å². The molecule has 14 rings (SSSR count). The summed E-state index contributed by atoms with van der Waals surface area (Å²) < 4.78 is 12.2. The predicted octanol–water partition coefficient (Wildman–Crippen LogP) is 27.1. The summed E-state index contributed by atoms with van der Waals surface area (Å²) in [6.45, 7) is 31.3. The Kier molecular flexibility index (Phi) is 31.6. The van der Waals surface area contributed by atoms with Crippen LogP contribution in [0.4, 0.5) is 0 Å². The fourth-order valence-corrected chi connectivity index (χ4v) is 13.9. The Morgan fingerprint density at radius 2 is 0.528 bits per heavy atom. The van der Waals surface area contributed by atoms with Crippen LogP contribution in [0.15, 0.2) is 351 Å². The molecule has 0 aliphatic heterocycles. The van der Waals surface area contributed by atoms with Crippen LogP contribution in [0.2, 0.25) is 0 Å². The van der Waals surface area contributed by atoms with Gasteiger partial charge >= 0.3 is 0 Å². The van der Waals surface area contributed by atoms with Crippen molar-refractivity contribution < 1.29 is 13.8 Å². The molecule has 0 heterocycles. The number of carbonyl (C=O) groups is 2. The van der Waals surface area contributed by atoms with Gasteiger partial charge in [-0.3, -0.25) is 9.59 Å². The number of hydrogen-bond acceptors (Lipinski definition) is 5. The monoisotopic (exact) mass is 1440 g/mol. The molecule has 0 saturated carbocycles. The SMILES string of the molecule is Cc1ccc(C(=O)c2ccc(C)cc2)cc1.Cc1ccc(Cc2ccc(C)cc2)cc1.Cc1ccc(S(=O)c2ccc(C)cc2)cc1.Cc1ccc(Sc2ccc(C)cc2)cc1.Cc1cccc(C(=O)c2cccc(C)c2)c1.Cc1cccc(Sc2ccc(C)c(C)c2)c1.Cc1cccc2c(C)cccc12. The van der Waals surface area contributed by atoms with Crippen molar-refractivity contribution in [2.45, 2.75) is 140 Å². The van der Waals surface area contributed by atoms with E-state index in [-0.39, 0.29) is 11.6 Å². The maximum atomic E-state index is 12.2. The molecule has 0 bridgehead atoms. The van der Waals surface area contributed by atoms with Gasteiger partial charge in [0.1, 0.15) is 0 Å². The lowest BCUT2D eigenvalue weighted by atomic mass is 10.0. The van der Waals surface area contributed by atoms with E-state index in [2.05, 4.69) is 238 Å². The van der Waals surface area contributed by atoms with Crippen LogP contribution >= 0.6 is 23.5 Å². The Hall–Kier alpha value is -10.5. The molecule has 3 nitrogen and oxygen atoms in total. The highest BCUT2D eigenvalue weighted by atomic mass is 32.2. The van der Waals surface area contributed by atoms with Crippen molar-refractivity contribution in [1.82, 2.24) is 0 Å². The van der Waals surface area contributed by atoms with Crippen LogP contribution in [0.5, 0.6) is 0 Å². The lowest BCUT2D eigenvalue weighted by molar-refractivity contribution is 0.103. The van der Waals surface area contributed by atoms with Crippen LogP contribution < -0.4 is 0 Å². The lowest BCUT2D eigenvalue weighted by Crippen LogP contribution is -2.01. The quantitative estimate of drug-likeness (QED) is 0.114. The van der Waals surface area contributed by atoms with E-state index >= 15 is 0 Å². The van der Waals surface area contributed by atoms with Gasteiger partial charge in [-0.1, -0.05) is 321 Å². The third-order valence-corrected chi connectivity index (χ3v) is 21.0. The second-order valence-corrected chi connectivity index (χ2v) is 31.1. The van der Waals surface area contributed by atoms with Gasteiger partial charge < -0.3 is 0 Å². The highest BCUT2D eigenvalue weighted by molar-refractivity contribution is 7.99. The highest BCUT2D eigenvalue weighted by Gasteiger charge is 2.11. The zero-order valence-corrected chi connectivity index (χ0v) is 66.7. The molecule has 0 aromatic heterocycles. The van der Waals surface area contributed by atoms with E-state index < -0.39 is 10.8 Å². The zero-order chi connectivity index (χ0) is 76.1. The van der Waals surface area contributed by atoms with Crippen LogP contribution in [0, 0.1) is 104 Å². The van der Waals surface area contributed by atoms with Crippen molar-refractivity contribution in [3.63, 3.8) is 0 Å². The molecule has 6 heteroatoms. The predicted molar refractivity (Wildman–Crippen MR) is 455 cm³/mol. The summed E-state index contributed by atoms with van der Waals surface area (Å²) in [5.41, 5.74) is 24.7. The lowest BCUT2D eigenvalue weighted by Gasteiger charge is -2.05. The third kappa shape index (κ3) is 26.9.